The molecule has 130 valence electrons. The van der Waals surface area contributed by atoms with Gasteiger partial charge in [0.2, 0.25) is 0 Å². The van der Waals surface area contributed by atoms with Crippen molar-refractivity contribution in [2.75, 3.05) is 19.0 Å². The molecule has 0 aliphatic carbocycles. The van der Waals surface area contributed by atoms with E-state index in [9.17, 15) is 18.8 Å². The predicted octanol–water partition coefficient (Wildman–Crippen LogP) is 2.63. The molecule has 0 aromatic heterocycles. The minimum Gasteiger partial charge on any atom is -0.452 e. The monoisotopic (exact) mass is 364 g/mol. The number of hydrogen-bond acceptors (Lipinski definition) is 4. The van der Waals surface area contributed by atoms with Crippen LogP contribution in [0.1, 0.15) is 20.7 Å². The minimum absolute atomic E-state index is 0.141. The zero-order valence-electron chi connectivity index (χ0n) is 13.1. The first kappa shape index (κ1) is 18.4. The van der Waals surface area contributed by atoms with Crippen molar-refractivity contribution in [3.63, 3.8) is 0 Å². The third-order valence-corrected chi connectivity index (χ3v) is 3.36. The maximum atomic E-state index is 13.6. The highest BCUT2D eigenvalue weighted by atomic mass is 35.5. The summed E-state index contributed by atoms with van der Waals surface area (Å²) in [4.78, 5) is 35.2. The number of carbonyl (C=O) groups is 3. The smallest absolute Gasteiger partial charge is 0.341 e. The van der Waals surface area contributed by atoms with Gasteiger partial charge in [0.1, 0.15) is 5.82 Å². The van der Waals surface area contributed by atoms with Crippen molar-refractivity contribution in [1.29, 1.82) is 0 Å². The lowest BCUT2D eigenvalue weighted by Crippen LogP contribution is -2.22. The van der Waals surface area contributed by atoms with Crippen LogP contribution in [0.15, 0.2) is 42.5 Å². The number of nitrogens with one attached hydrogen (secondary N) is 2. The standard InChI is InChI=1S/C17H14ClFN2O4/c1-20-16(23)10-3-2-4-12(7-10)21-15(22)9-25-17(24)13-6-5-11(18)8-14(13)19/h2-8H,9H2,1H3,(H,20,23)(H,21,22). The van der Waals surface area contributed by atoms with Crippen molar-refractivity contribution in [3.05, 3.63) is 64.4 Å². The Hall–Kier alpha value is -2.93. The summed E-state index contributed by atoms with van der Waals surface area (Å²) in [7, 11) is 1.49. The van der Waals surface area contributed by atoms with Crippen LogP contribution in [0.5, 0.6) is 0 Å². The van der Waals surface area contributed by atoms with Gasteiger partial charge in [-0.2, -0.15) is 0 Å². The molecule has 0 bridgehead atoms. The average molecular weight is 365 g/mol. The van der Waals surface area contributed by atoms with Crippen molar-refractivity contribution >= 4 is 35.1 Å². The van der Waals surface area contributed by atoms with Crippen LogP contribution in [-0.2, 0) is 9.53 Å². The van der Waals surface area contributed by atoms with Gasteiger partial charge in [0.15, 0.2) is 6.61 Å². The Morgan fingerprint density at radius 3 is 2.60 bits per heavy atom. The third kappa shape index (κ3) is 5.02. The third-order valence-electron chi connectivity index (χ3n) is 3.12. The Bertz CT molecular complexity index is 826. The Morgan fingerprint density at radius 1 is 1.16 bits per heavy atom. The van der Waals surface area contributed by atoms with E-state index < -0.39 is 24.3 Å². The Morgan fingerprint density at radius 2 is 1.92 bits per heavy atom. The van der Waals surface area contributed by atoms with E-state index in [4.69, 9.17) is 16.3 Å². The predicted molar refractivity (Wildman–Crippen MR) is 90.2 cm³/mol. The fourth-order valence-electron chi connectivity index (χ4n) is 1.94. The largest absolute Gasteiger partial charge is 0.452 e. The van der Waals surface area contributed by atoms with Gasteiger partial charge in [0.25, 0.3) is 11.8 Å². The Labute approximate surface area is 147 Å². The summed E-state index contributed by atoms with van der Waals surface area (Å²) in [6, 6.07) is 9.70. The maximum Gasteiger partial charge on any atom is 0.341 e. The van der Waals surface area contributed by atoms with Crippen molar-refractivity contribution in [2.24, 2.45) is 0 Å². The molecule has 0 spiro atoms. The van der Waals surface area contributed by atoms with Gasteiger partial charge in [0, 0.05) is 23.3 Å². The van der Waals surface area contributed by atoms with Gasteiger partial charge < -0.3 is 15.4 Å². The molecule has 0 atom stereocenters. The van der Waals surface area contributed by atoms with Gasteiger partial charge >= 0.3 is 5.97 Å². The topological polar surface area (TPSA) is 84.5 Å². The number of amides is 2. The highest BCUT2D eigenvalue weighted by Crippen LogP contribution is 2.15. The molecule has 0 aliphatic rings. The normalized spacial score (nSPS) is 10.0. The lowest BCUT2D eigenvalue weighted by Gasteiger charge is -2.08. The summed E-state index contributed by atoms with van der Waals surface area (Å²) < 4.78 is 18.4. The van der Waals surface area contributed by atoms with Crippen LogP contribution >= 0.6 is 11.6 Å². The van der Waals surface area contributed by atoms with Crippen LogP contribution < -0.4 is 10.6 Å². The van der Waals surface area contributed by atoms with E-state index in [1.54, 1.807) is 18.2 Å². The number of anilines is 1. The summed E-state index contributed by atoms with van der Waals surface area (Å²) in [6.07, 6.45) is 0. The molecule has 8 heteroatoms. The molecule has 0 aliphatic heterocycles. The van der Waals surface area contributed by atoms with Crippen LogP contribution in [0.3, 0.4) is 0 Å². The molecule has 2 amide bonds. The van der Waals surface area contributed by atoms with Crippen LogP contribution in [0.4, 0.5) is 10.1 Å². The van der Waals surface area contributed by atoms with Gasteiger partial charge in [-0.05, 0) is 36.4 Å². The fourth-order valence-corrected chi connectivity index (χ4v) is 2.10. The quantitative estimate of drug-likeness (QED) is 0.799. The van der Waals surface area contributed by atoms with Crippen LogP contribution in [0.25, 0.3) is 0 Å². The summed E-state index contributed by atoms with van der Waals surface area (Å²) in [5, 5.41) is 5.09. The number of ether oxygens (including phenoxy) is 1. The number of esters is 1. The van der Waals surface area contributed by atoms with Crippen LogP contribution in [-0.4, -0.2) is 31.4 Å². The zero-order valence-corrected chi connectivity index (χ0v) is 13.9. The van der Waals surface area contributed by atoms with Gasteiger partial charge in [0.05, 0.1) is 5.56 Å². The molecule has 2 N–H and O–H groups in total. The van der Waals surface area contributed by atoms with E-state index in [2.05, 4.69) is 10.6 Å². The SMILES string of the molecule is CNC(=O)c1cccc(NC(=O)COC(=O)c2ccc(Cl)cc2F)c1. The van der Waals surface area contributed by atoms with Gasteiger partial charge in [-0.25, -0.2) is 9.18 Å². The lowest BCUT2D eigenvalue weighted by atomic mass is 10.2. The van der Waals surface area contributed by atoms with E-state index in [0.29, 0.717) is 11.3 Å². The molecule has 0 saturated heterocycles. The van der Waals surface area contributed by atoms with E-state index in [1.807, 2.05) is 0 Å². The molecule has 6 nitrogen and oxygen atoms in total. The zero-order chi connectivity index (χ0) is 18.4. The number of hydrogen-bond donors (Lipinski definition) is 2. The summed E-state index contributed by atoms with van der Waals surface area (Å²) in [5.41, 5.74) is 0.402. The summed E-state index contributed by atoms with van der Waals surface area (Å²) in [6.45, 7) is -0.606. The van der Waals surface area contributed by atoms with E-state index in [1.165, 1.54) is 25.2 Å². The van der Waals surface area contributed by atoms with Crippen LogP contribution in [0.2, 0.25) is 5.02 Å². The molecule has 0 unspecified atom stereocenters. The molecule has 0 saturated carbocycles. The molecule has 2 rings (SSSR count). The Balaban J connectivity index is 1.94. The average Bonchev–Trinajstić information content (AvgIpc) is 2.59. The molecular formula is C17H14ClFN2O4. The molecule has 25 heavy (non-hydrogen) atoms. The van der Waals surface area contributed by atoms with E-state index in [0.717, 1.165) is 6.07 Å². The molecule has 2 aromatic rings. The Kier molecular flexibility index (Phi) is 6.08. The fraction of sp³-hybridized carbons (Fsp3) is 0.118. The molecule has 0 radical (unpaired) electrons. The second-order valence-electron chi connectivity index (χ2n) is 4.91. The van der Waals surface area contributed by atoms with E-state index in [-0.39, 0.29) is 16.5 Å². The molecule has 0 fully saturated rings. The second-order valence-corrected chi connectivity index (χ2v) is 5.34. The van der Waals surface area contributed by atoms with Crippen molar-refractivity contribution < 1.29 is 23.5 Å². The maximum absolute atomic E-state index is 13.6. The van der Waals surface area contributed by atoms with E-state index >= 15 is 0 Å². The first-order chi connectivity index (χ1) is 11.9. The van der Waals surface area contributed by atoms with Gasteiger partial charge in [-0.15, -0.1) is 0 Å². The molecule has 2 aromatic carbocycles. The van der Waals surface area contributed by atoms with Crippen LogP contribution in [0, 0.1) is 5.82 Å². The molecular weight excluding hydrogens is 351 g/mol. The minimum atomic E-state index is -0.983. The van der Waals surface area contributed by atoms with Gasteiger partial charge in [-0.1, -0.05) is 17.7 Å². The van der Waals surface area contributed by atoms with Crippen molar-refractivity contribution in [3.8, 4) is 0 Å². The summed E-state index contributed by atoms with van der Waals surface area (Å²) in [5.74, 6) is -2.75. The van der Waals surface area contributed by atoms with Crippen molar-refractivity contribution in [1.82, 2.24) is 5.32 Å². The highest BCUT2D eigenvalue weighted by Gasteiger charge is 2.15. The number of benzene rings is 2. The lowest BCUT2D eigenvalue weighted by molar-refractivity contribution is -0.119. The van der Waals surface area contributed by atoms with Crippen molar-refractivity contribution in [2.45, 2.75) is 0 Å². The first-order valence-corrected chi connectivity index (χ1v) is 7.52. The second kappa shape index (κ2) is 8.25. The number of halogens is 2. The number of rotatable bonds is 5. The first-order valence-electron chi connectivity index (χ1n) is 7.15. The summed E-state index contributed by atoms with van der Waals surface area (Å²) >= 11 is 5.60. The van der Waals surface area contributed by atoms with Gasteiger partial charge in [-0.3, -0.25) is 9.59 Å². The number of carbonyl (C=O) groups excluding carboxylic acids is 3. The highest BCUT2D eigenvalue weighted by molar-refractivity contribution is 6.30. The molecule has 0 heterocycles.